The largest absolute Gasteiger partial charge is 0.309 e. The Morgan fingerprint density at radius 3 is 1.56 bits per heavy atom. The van der Waals surface area contributed by atoms with Crippen molar-refractivity contribution in [1.29, 1.82) is 0 Å². The quantitative estimate of drug-likeness (QED) is 0.169. The van der Waals surface area contributed by atoms with Gasteiger partial charge in [-0.2, -0.15) is 0 Å². The lowest BCUT2D eigenvalue weighted by atomic mass is 9.98. The summed E-state index contributed by atoms with van der Waals surface area (Å²) >= 11 is 1.88. The zero-order chi connectivity index (χ0) is 34.4. The first-order valence-electron chi connectivity index (χ1n) is 17.7. The highest BCUT2D eigenvalue weighted by molar-refractivity contribution is 7.26. The Bertz CT molecular complexity index is 2890. The van der Waals surface area contributed by atoms with Gasteiger partial charge in [0.05, 0.1) is 10.4 Å². The van der Waals surface area contributed by atoms with Crippen molar-refractivity contribution in [3.05, 3.63) is 200 Å². The zero-order valence-electron chi connectivity index (χ0n) is 28.4. The molecule has 10 rings (SSSR count). The predicted octanol–water partition coefficient (Wildman–Crippen LogP) is 14.8. The average Bonchev–Trinajstić information content (AvgIpc) is 3.60. The van der Waals surface area contributed by atoms with E-state index in [0.29, 0.717) is 0 Å². The third kappa shape index (κ3) is 5.42. The molecule has 0 saturated heterocycles. The van der Waals surface area contributed by atoms with Crippen LogP contribution in [0.4, 0.5) is 17.1 Å². The molecule has 0 aliphatic heterocycles. The summed E-state index contributed by atoms with van der Waals surface area (Å²) in [6.45, 7) is 0. The minimum Gasteiger partial charge on any atom is -0.309 e. The van der Waals surface area contributed by atoms with Gasteiger partial charge >= 0.3 is 0 Å². The fourth-order valence-electron chi connectivity index (χ4n) is 7.54. The van der Waals surface area contributed by atoms with Crippen LogP contribution < -0.4 is 4.90 Å². The molecule has 52 heavy (non-hydrogen) atoms. The molecule has 0 amide bonds. The van der Waals surface area contributed by atoms with Crippen molar-refractivity contribution in [1.82, 2.24) is 0 Å². The van der Waals surface area contributed by atoms with Crippen LogP contribution in [0.2, 0.25) is 0 Å². The van der Waals surface area contributed by atoms with Gasteiger partial charge in [0.1, 0.15) is 0 Å². The van der Waals surface area contributed by atoms with E-state index < -0.39 is 0 Å². The van der Waals surface area contributed by atoms with Gasteiger partial charge in [0.25, 0.3) is 0 Å². The van der Waals surface area contributed by atoms with Gasteiger partial charge in [0, 0.05) is 26.8 Å². The molecule has 0 N–H and O–H groups in total. The minimum atomic E-state index is 1.13. The van der Waals surface area contributed by atoms with Gasteiger partial charge in [-0.15, -0.1) is 11.3 Å². The Labute approximate surface area is 307 Å². The first-order valence-corrected chi connectivity index (χ1v) is 18.6. The van der Waals surface area contributed by atoms with E-state index in [9.17, 15) is 0 Å². The highest BCUT2D eigenvalue weighted by atomic mass is 32.1. The fourth-order valence-corrected chi connectivity index (χ4v) is 8.79. The highest BCUT2D eigenvalue weighted by Crippen LogP contribution is 2.46. The lowest BCUT2D eigenvalue weighted by Gasteiger charge is -2.26. The van der Waals surface area contributed by atoms with Gasteiger partial charge < -0.3 is 4.90 Å². The van der Waals surface area contributed by atoms with Crippen molar-refractivity contribution in [2.75, 3.05) is 4.90 Å². The molecule has 0 unspecified atom stereocenters. The molecule has 0 fully saturated rings. The summed E-state index contributed by atoms with van der Waals surface area (Å²) in [5.41, 5.74) is 10.8. The number of nitrogens with zero attached hydrogens (tertiary/aromatic N) is 1. The Kier molecular flexibility index (Phi) is 7.41. The van der Waals surface area contributed by atoms with Crippen molar-refractivity contribution in [3.8, 4) is 33.4 Å². The van der Waals surface area contributed by atoms with Crippen LogP contribution in [0, 0.1) is 0 Å². The summed E-state index contributed by atoms with van der Waals surface area (Å²) in [5.74, 6) is 0. The van der Waals surface area contributed by atoms with E-state index in [1.807, 2.05) is 11.3 Å². The smallest absolute Gasteiger partial charge is 0.0640 e. The standard InChI is InChI=1S/C50H33NS/c1-2-9-34(10-3-1)43-26-30-46-47-15-8-16-48(50(47)52-49(46)33-43)51(45-29-25-36-12-5-7-14-41(36)32-45)44-27-23-38(24-28-44)37-17-19-39(20-18-37)42-22-21-35-11-4-6-13-40(35)31-42/h1-33H. The molecule has 244 valence electrons. The summed E-state index contributed by atoms with van der Waals surface area (Å²) in [4.78, 5) is 2.43. The SMILES string of the molecule is c1ccc(-c2ccc3c(c2)sc2c(N(c4ccc(-c5ccc(-c6ccc7ccccc7c6)cc5)cc4)c4ccc5ccccc5c4)cccc23)cc1. The molecule has 1 heterocycles. The van der Waals surface area contributed by atoms with E-state index in [4.69, 9.17) is 0 Å². The van der Waals surface area contributed by atoms with E-state index >= 15 is 0 Å². The molecular weight excluding hydrogens is 647 g/mol. The molecule has 0 atom stereocenters. The predicted molar refractivity (Wildman–Crippen MR) is 225 cm³/mol. The van der Waals surface area contributed by atoms with Crippen molar-refractivity contribution < 1.29 is 0 Å². The first-order chi connectivity index (χ1) is 25.7. The van der Waals surface area contributed by atoms with Gasteiger partial charge in [-0.05, 0) is 97.4 Å². The molecule has 0 bridgehead atoms. The summed E-state index contributed by atoms with van der Waals surface area (Å²) < 4.78 is 2.58. The number of hydrogen-bond acceptors (Lipinski definition) is 2. The number of fused-ring (bicyclic) bond motifs is 5. The third-order valence-electron chi connectivity index (χ3n) is 10.2. The summed E-state index contributed by atoms with van der Waals surface area (Å²) in [7, 11) is 0. The van der Waals surface area contributed by atoms with Gasteiger partial charge in [-0.25, -0.2) is 0 Å². The molecule has 0 spiro atoms. The lowest BCUT2D eigenvalue weighted by Crippen LogP contribution is -2.10. The zero-order valence-corrected chi connectivity index (χ0v) is 29.2. The van der Waals surface area contributed by atoms with Crippen LogP contribution in [0.25, 0.3) is 75.1 Å². The van der Waals surface area contributed by atoms with Crippen molar-refractivity contribution in [2.24, 2.45) is 0 Å². The monoisotopic (exact) mass is 679 g/mol. The van der Waals surface area contributed by atoms with Crippen molar-refractivity contribution >= 4 is 70.1 Å². The Balaban J connectivity index is 1.05. The van der Waals surface area contributed by atoms with Crippen molar-refractivity contribution in [2.45, 2.75) is 0 Å². The van der Waals surface area contributed by atoms with Crippen LogP contribution in [-0.4, -0.2) is 0 Å². The number of hydrogen-bond donors (Lipinski definition) is 0. The maximum absolute atomic E-state index is 2.43. The Hall–Kier alpha value is -6.48. The molecule has 0 radical (unpaired) electrons. The molecule has 1 aromatic heterocycles. The maximum Gasteiger partial charge on any atom is 0.0640 e. The first kappa shape index (κ1) is 30.4. The Morgan fingerprint density at radius 1 is 0.308 bits per heavy atom. The Morgan fingerprint density at radius 2 is 0.827 bits per heavy atom. The van der Waals surface area contributed by atoms with E-state index in [-0.39, 0.29) is 0 Å². The topological polar surface area (TPSA) is 3.24 Å². The molecule has 0 aliphatic rings. The molecule has 2 heteroatoms. The van der Waals surface area contributed by atoms with Gasteiger partial charge in [0.15, 0.2) is 0 Å². The lowest BCUT2D eigenvalue weighted by molar-refractivity contribution is 1.31. The van der Waals surface area contributed by atoms with Crippen LogP contribution in [0.3, 0.4) is 0 Å². The van der Waals surface area contributed by atoms with Crippen LogP contribution in [0.5, 0.6) is 0 Å². The maximum atomic E-state index is 2.43. The second kappa shape index (κ2) is 12.7. The second-order valence-corrected chi connectivity index (χ2v) is 14.4. The van der Waals surface area contributed by atoms with E-state index in [1.54, 1.807) is 0 Å². The molecule has 1 nitrogen and oxygen atoms in total. The summed E-state index contributed by atoms with van der Waals surface area (Å²) in [5, 5.41) is 7.57. The van der Waals surface area contributed by atoms with Gasteiger partial charge in [-0.3, -0.25) is 0 Å². The summed E-state index contributed by atoms with van der Waals surface area (Å²) in [6, 6.07) is 72.9. The fraction of sp³-hybridized carbons (Fsp3) is 0. The van der Waals surface area contributed by atoms with Crippen LogP contribution in [0.15, 0.2) is 200 Å². The van der Waals surface area contributed by atoms with Crippen molar-refractivity contribution in [3.63, 3.8) is 0 Å². The highest BCUT2D eigenvalue weighted by Gasteiger charge is 2.19. The van der Waals surface area contributed by atoms with Gasteiger partial charge in [0.2, 0.25) is 0 Å². The average molecular weight is 680 g/mol. The molecule has 10 aromatic rings. The normalized spacial score (nSPS) is 11.5. The third-order valence-corrected chi connectivity index (χ3v) is 11.4. The van der Waals surface area contributed by atoms with E-state index in [1.165, 1.54) is 80.8 Å². The van der Waals surface area contributed by atoms with E-state index in [0.717, 1.165) is 11.4 Å². The summed E-state index contributed by atoms with van der Waals surface area (Å²) in [6.07, 6.45) is 0. The van der Waals surface area contributed by atoms with Gasteiger partial charge in [-0.1, -0.05) is 158 Å². The van der Waals surface area contributed by atoms with Crippen LogP contribution in [-0.2, 0) is 0 Å². The molecule has 9 aromatic carbocycles. The van der Waals surface area contributed by atoms with Crippen LogP contribution in [0.1, 0.15) is 0 Å². The second-order valence-electron chi connectivity index (χ2n) is 13.4. The number of anilines is 3. The number of thiophene rings is 1. The molecule has 0 saturated carbocycles. The number of rotatable bonds is 6. The molecular formula is C50H33NS. The van der Waals surface area contributed by atoms with E-state index in [2.05, 4.69) is 205 Å². The molecule has 0 aliphatic carbocycles. The number of benzene rings is 9. The minimum absolute atomic E-state index is 1.13. The van der Waals surface area contributed by atoms with Crippen LogP contribution >= 0.6 is 11.3 Å².